The highest BCUT2D eigenvalue weighted by Gasteiger charge is 2.23. The third-order valence-electron chi connectivity index (χ3n) is 4.85. The number of amides is 2. The smallest absolute Gasteiger partial charge is 0.251 e. The van der Waals surface area contributed by atoms with Gasteiger partial charge in [0, 0.05) is 31.6 Å². The molecule has 2 aromatic rings. The Morgan fingerprint density at radius 2 is 1.62 bits per heavy atom. The number of primary sulfonamides is 1. The molecule has 3 rings (SSSR count). The van der Waals surface area contributed by atoms with Crippen LogP contribution in [-0.2, 0) is 27.8 Å². The van der Waals surface area contributed by atoms with E-state index in [2.05, 4.69) is 5.32 Å². The van der Waals surface area contributed by atoms with Gasteiger partial charge in [-0.05, 0) is 54.7 Å². The van der Waals surface area contributed by atoms with E-state index in [4.69, 9.17) is 5.14 Å². The average molecular weight is 416 g/mol. The summed E-state index contributed by atoms with van der Waals surface area (Å²) in [4.78, 5) is 26.1. The first kappa shape index (κ1) is 21.0. The first-order chi connectivity index (χ1) is 13.7. The number of benzene rings is 2. The van der Waals surface area contributed by atoms with Crippen molar-refractivity contribution in [2.45, 2.75) is 43.2 Å². The van der Waals surface area contributed by atoms with Gasteiger partial charge >= 0.3 is 0 Å². The summed E-state index contributed by atoms with van der Waals surface area (Å²) < 4.78 is 22.6. The zero-order chi connectivity index (χ0) is 21.0. The molecule has 1 aliphatic rings. The fourth-order valence-electron chi connectivity index (χ4n) is 2.91. The zero-order valence-electron chi connectivity index (χ0n) is 16.3. The van der Waals surface area contributed by atoms with Gasteiger partial charge in [0.25, 0.3) is 5.91 Å². The Morgan fingerprint density at radius 3 is 2.17 bits per heavy atom. The maximum Gasteiger partial charge on any atom is 0.251 e. The molecule has 3 N–H and O–H groups in total. The third kappa shape index (κ3) is 6.13. The summed E-state index contributed by atoms with van der Waals surface area (Å²) in [5.74, 6) is -0.0759. The largest absolute Gasteiger partial charge is 0.349 e. The van der Waals surface area contributed by atoms with Gasteiger partial charge in [-0.3, -0.25) is 9.59 Å². The molecule has 0 spiro atoms. The molecule has 1 aliphatic carbocycles. The summed E-state index contributed by atoms with van der Waals surface area (Å²) >= 11 is 0. The van der Waals surface area contributed by atoms with Crippen molar-refractivity contribution in [1.82, 2.24) is 10.2 Å². The summed E-state index contributed by atoms with van der Waals surface area (Å²) in [6.07, 6.45) is 2.92. The van der Waals surface area contributed by atoms with Crippen LogP contribution in [0.2, 0.25) is 0 Å². The number of hydrogen-bond donors (Lipinski definition) is 2. The van der Waals surface area contributed by atoms with Crippen LogP contribution in [0.1, 0.15) is 40.7 Å². The Labute approximate surface area is 171 Å². The van der Waals surface area contributed by atoms with E-state index in [0.717, 1.165) is 24.0 Å². The molecule has 2 aromatic carbocycles. The van der Waals surface area contributed by atoms with Gasteiger partial charge in [-0.2, -0.15) is 0 Å². The molecule has 1 fully saturated rings. The lowest BCUT2D eigenvalue weighted by atomic mass is 10.1. The van der Waals surface area contributed by atoms with E-state index in [1.807, 2.05) is 12.1 Å². The van der Waals surface area contributed by atoms with Crippen LogP contribution >= 0.6 is 0 Å². The molecular weight excluding hydrogens is 390 g/mol. The molecule has 29 heavy (non-hydrogen) atoms. The number of nitrogens with zero attached hydrogens (tertiary/aromatic N) is 1. The third-order valence-corrected chi connectivity index (χ3v) is 5.78. The van der Waals surface area contributed by atoms with Crippen LogP contribution in [0.4, 0.5) is 0 Å². The predicted octanol–water partition coefficient (Wildman–Crippen LogP) is 1.82. The van der Waals surface area contributed by atoms with Crippen molar-refractivity contribution >= 4 is 21.8 Å². The normalized spacial score (nSPS) is 13.7. The van der Waals surface area contributed by atoms with Crippen molar-refractivity contribution in [2.24, 2.45) is 5.14 Å². The molecule has 0 bridgehead atoms. The van der Waals surface area contributed by atoms with Crippen LogP contribution in [0.3, 0.4) is 0 Å². The second kappa shape index (κ2) is 8.75. The number of nitrogens with two attached hydrogens (primary N) is 1. The Morgan fingerprint density at radius 1 is 1.03 bits per heavy atom. The molecule has 1 saturated carbocycles. The van der Waals surface area contributed by atoms with E-state index >= 15 is 0 Å². The standard InChI is InChI=1S/C21H25N3O4S/c1-24(14-16-2-7-17(8-3-16)21(26)23-18-9-10-18)20(25)13-6-15-4-11-19(12-5-15)29(22,27)28/h2-5,7-8,11-12,18H,6,9-10,13-14H2,1H3,(H,23,26)(H2,22,27,28). The minimum Gasteiger partial charge on any atom is -0.349 e. The van der Waals surface area contributed by atoms with Crippen LogP contribution in [0.15, 0.2) is 53.4 Å². The van der Waals surface area contributed by atoms with Crippen molar-refractivity contribution in [3.05, 3.63) is 65.2 Å². The fraction of sp³-hybridized carbons (Fsp3) is 0.333. The van der Waals surface area contributed by atoms with Crippen molar-refractivity contribution in [2.75, 3.05) is 7.05 Å². The second-order valence-electron chi connectivity index (χ2n) is 7.38. The van der Waals surface area contributed by atoms with Crippen LogP contribution < -0.4 is 10.5 Å². The molecule has 8 heteroatoms. The lowest BCUT2D eigenvalue weighted by molar-refractivity contribution is -0.130. The van der Waals surface area contributed by atoms with Crippen LogP contribution in [0.25, 0.3) is 0 Å². The van der Waals surface area contributed by atoms with Crippen molar-refractivity contribution < 1.29 is 18.0 Å². The highest BCUT2D eigenvalue weighted by Crippen LogP contribution is 2.19. The average Bonchev–Trinajstić information content (AvgIpc) is 3.50. The Balaban J connectivity index is 1.49. The van der Waals surface area contributed by atoms with E-state index in [1.165, 1.54) is 12.1 Å². The van der Waals surface area contributed by atoms with E-state index < -0.39 is 10.0 Å². The fourth-order valence-corrected chi connectivity index (χ4v) is 3.42. The first-order valence-corrected chi connectivity index (χ1v) is 11.0. The molecule has 2 amide bonds. The zero-order valence-corrected chi connectivity index (χ0v) is 17.1. The van der Waals surface area contributed by atoms with Gasteiger partial charge in [-0.25, -0.2) is 13.6 Å². The SMILES string of the molecule is CN(Cc1ccc(C(=O)NC2CC2)cc1)C(=O)CCc1ccc(S(N)(=O)=O)cc1. The maximum absolute atomic E-state index is 12.4. The summed E-state index contributed by atoms with van der Waals surface area (Å²) in [5, 5.41) is 8.03. The van der Waals surface area contributed by atoms with E-state index in [-0.39, 0.29) is 16.7 Å². The Kier molecular flexibility index (Phi) is 6.34. The van der Waals surface area contributed by atoms with Gasteiger partial charge in [0.15, 0.2) is 0 Å². The lowest BCUT2D eigenvalue weighted by Crippen LogP contribution is -2.27. The summed E-state index contributed by atoms with van der Waals surface area (Å²) in [6, 6.07) is 13.8. The summed E-state index contributed by atoms with van der Waals surface area (Å²) in [6.45, 7) is 0.452. The van der Waals surface area contributed by atoms with E-state index in [1.54, 1.807) is 36.2 Å². The molecule has 0 radical (unpaired) electrons. The number of carbonyl (C=O) groups excluding carboxylic acids is 2. The molecule has 0 atom stereocenters. The molecule has 0 saturated heterocycles. The number of rotatable bonds is 8. The molecule has 0 aliphatic heterocycles. The van der Waals surface area contributed by atoms with Crippen LogP contribution in [-0.4, -0.2) is 38.2 Å². The number of sulfonamides is 1. The number of aryl methyl sites for hydroxylation is 1. The summed E-state index contributed by atoms with van der Waals surface area (Å²) in [5.41, 5.74) is 2.43. The maximum atomic E-state index is 12.4. The van der Waals surface area contributed by atoms with Crippen molar-refractivity contribution in [3.8, 4) is 0 Å². The van der Waals surface area contributed by atoms with E-state index in [9.17, 15) is 18.0 Å². The minimum absolute atomic E-state index is 0.0175. The summed E-state index contributed by atoms with van der Waals surface area (Å²) in [7, 11) is -1.97. The number of nitrogens with one attached hydrogen (secondary N) is 1. The molecule has 0 unspecified atom stereocenters. The molecule has 0 aromatic heterocycles. The van der Waals surface area contributed by atoms with Crippen LogP contribution in [0, 0.1) is 0 Å². The molecule has 154 valence electrons. The predicted molar refractivity (Wildman–Crippen MR) is 110 cm³/mol. The molecular formula is C21H25N3O4S. The van der Waals surface area contributed by atoms with Gasteiger partial charge in [-0.15, -0.1) is 0 Å². The molecule has 0 heterocycles. The van der Waals surface area contributed by atoms with Crippen molar-refractivity contribution in [1.29, 1.82) is 0 Å². The second-order valence-corrected chi connectivity index (χ2v) is 8.94. The van der Waals surface area contributed by atoms with Crippen LogP contribution in [0.5, 0.6) is 0 Å². The topological polar surface area (TPSA) is 110 Å². The van der Waals surface area contributed by atoms with Gasteiger partial charge in [-0.1, -0.05) is 24.3 Å². The van der Waals surface area contributed by atoms with Gasteiger partial charge < -0.3 is 10.2 Å². The number of hydrogen-bond acceptors (Lipinski definition) is 4. The van der Waals surface area contributed by atoms with Gasteiger partial charge in [0.1, 0.15) is 0 Å². The van der Waals surface area contributed by atoms with Crippen molar-refractivity contribution in [3.63, 3.8) is 0 Å². The Hall–Kier alpha value is -2.71. The van der Waals surface area contributed by atoms with Gasteiger partial charge in [0.2, 0.25) is 15.9 Å². The Bertz CT molecular complexity index is 982. The highest BCUT2D eigenvalue weighted by atomic mass is 32.2. The quantitative estimate of drug-likeness (QED) is 0.685. The molecule has 7 nitrogen and oxygen atoms in total. The monoisotopic (exact) mass is 415 g/mol. The first-order valence-electron chi connectivity index (χ1n) is 9.48. The highest BCUT2D eigenvalue weighted by molar-refractivity contribution is 7.89. The minimum atomic E-state index is -3.71. The number of carbonyl (C=O) groups is 2. The lowest BCUT2D eigenvalue weighted by Gasteiger charge is -2.17. The van der Waals surface area contributed by atoms with Gasteiger partial charge in [0.05, 0.1) is 4.90 Å². The van der Waals surface area contributed by atoms with E-state index in [0.29, 0.717) is 31.0 Å².